The van der Waals surface area contributed by atoms with Crippen molar-refractivity contribution in [3.8, 4) is 0 Å². The third kappa shape index (κ3) is 4.93. The molecule has 0 aliphatic rings. The first-order valence-electron chi connectivity index (χ1n) is 5.08. The van der Waals surface area contributed by atoms with Crippen molar-refractivity contribution < 1.29 is 4.79 Å². The maximum Gasteiger partial charge on any atom is 0.221 e. The fourth-order valence-corrected chi connectivity index (χ4v) is 1.27. The van der Waals surface area contributed by atoms with Gasteiger partial charge in [0.25, 0.3) is 0 Å². The lowest BCUT2D eigenvalue weighted by Crippen LogP contribution is -2.31. The van der Waals surface area contributed by atoms with E-state index in [-0.39, 0.29) is 11.9 Å². The highest BCUT2D eigenvalue weighted by Crippen LogP contribution is 2.06. The molecule has 0 aromatic carbocycles. The molecule has 88 valence electrons. The zero-order valence-corrected chi connectivity index (χ0v) is 10.1. The van der Waals surface area contributed by atoms with Crippen LogP contribution < -0.4 is 10.6 Å². The van der Waals surface area contributed by atoms with Crippen molar-refractivity contribution in [2.24, 2.45) is 0 Å². The number of carbonyl (C=O) groups is 1. The van der Waals surface area contributed by atoms with Gasteiger partial charge in [0.05, 0.1) is 12.4 Å². The molecule has 0 unspecified atom stereocenters. The van der Waals surface area contributed by atoms with Gasteiger partial charge in [-0.05, 0) is 13.8 Å². The van der Waals surface area contributed by atoms with E-state index in [4.69, 9.17) is 11.6 Å². The second kappa shape index (κ2) is 6.27. The van der Waals surface area contributed by atoms with E-state index in [1.165, 1.54) is 6.20 Å². The standard InChI is InChI=1S/C10H15ClN4O/c1-7(2)14-10(16)3-4-13-9-6-12-5-8(11)15-9/h5-7H,3-4H2,1-2H3,(H,13,15)(H,14,16). The average molecular weight is 243 g/mol. The zero-order chi connectivity index (χ0) is 12.0. The molecule has 16 heavy (non-hydrogen) atoms. The van der Waals surface area contributed by atoms with E-state index in [0.29, 0.717) is 23.9 Å². The summed E-state index contributed by atoms with van der Waals surface area (Å²) in [7, 11) is 0. The van der Waals surface area contributed by atoms with Crippen LogP contribution >= 0.6 is 11.6 Å². The van der Waals surface area contributed by atoms with Crippen LogP contribution in [0, 0.1) is 0 Å². The summed E-state index contributed by atoms with van der Waals surface area (Å²) in [6.07, 6.45) is 3.41. The molecule has 1 aromatic heterocycles. The molecule has 0 bridgehead atoms. The van der Waals surface area contributed by atoms with Crippen molar-refractivity contribution >= 4 is 23.3 Å². The highest BCUT2D eigenvalue weighted by Gasteiger charge is 2.03. The summed E-state index contributed by atoms with van der Waals surface area (Å²) in [5.41, 5.74) is 0. The lowest BCUT2D eigenvalue weighted by molar-refractivity contribution is -0.121. The summed E-state index contributed by atoms with van der Waals surface area (Å²) >= 11 is 5.66. The van der Waals surface area contributed by atoms with Crippen molar-refractivity contribution in [1.29, 1.82) is 0 Å². The SMILES string of the molecule is CC(C)NC(=O)CCNc1cncc(Cl)n1. The molecule has 1 rings (SSSR count). The largest absolute Gasteiger partial charge is 0.368 e. The Morgan fingerprint density at radius 3 is 2.88 bits per heavy atom. The van der Waals surface area contributed by atoms with Crippen molar-refractivity contribution in [1.82, 2.24) is 15.3 Å². The van der Waals surface area contributed by atoms with E-state index >= 15 is 0 Å². The van der Waals surface area contributed by atoms with Gasteiger partial charge in [0.15, 0.2) is 0 Å². The molecule has 1 aromatic rings. The lowest BCUT2D eigenvalue weighted by atomic mass is 10.3. The molecule has 0 atom stereocenters. The van der Waals surface area contributed by atoms with Crippen LogP contribution in [-0.2, 0) is 4.79 Å². The van der Waals surface area contributed by atoms with Gasteiger partial charge >= 0.3 is 0 Å². The minimum atomic E-state index is 0.0116. The van der Waals surface area contributed by atoms with Gasteiger partial charge in [-0.3, -0.25) is 9.78 Å². The Hall–Kier alpha value is -1.36. The number of anilines is 1. The summed E-state index contributed by atoms with van der Waals surface area (Å²) in [4.78, 5) is 19.2. The van der Waals surface area contributed by atoms with Gasteiger partial charge in [-0.25, -0.2) is 4.98 Å². The Labute approximate surface area is 99.6 Å². The summed E-state index contributed by atoms with van der Waals surface area (Å²) in [6, 6.07) is 0.165. The summed E-state index contributed by atoms with van der Waals surface area (Å²) in [6.45, 7) is 4.36. The Morgan fingerprint density at radius 1 is 1.50 bits per heavy atom. The van der Waals surface area contributed by atoms with Crippen LogP contribution in [0.2, 0.25) is 5.15 Å². The molecular formula is C10H15ClN4O. The fourth-order valence-electron chi connectivity index (χ4n) is 1.13. The molecule has 0 aliphatic carbocycles. The predicted octanol–water partition coefficient (Wildman–Crippen LogP) is 1.46. The fraction of sp³-hybridized carbons (Fsp3) is 0.500. The molecule has 5 nitrogen and oxygen atoms in total. The van der Waals surface area contributed by atoms with Gasteiger partial charge in [-0.2, -0.15) is 0 Å². The van der Waals surface area contributed by atoms with E-state index < -0.39 is 0 Å². The van der Waals surface area contributed by atoms with Gasteiger partial charge in [0.2, 0.25) is 5.91 Å². The van der Waals surface area contributed by atoms with Gasteiger partial charge in [0.1, 0.15) is 11.0 Å². The predicted molar refractivity (Wildman–Crippen MR) is 63.4 cm³/mol. The van der Waals surface area contributed by atoms with Gasteiger partial charge in [0, 0.05) is 19.0 Å². The highest BCUT2D eigenvalue weighted by atomic mass is 35.5. The van der Waals surface area contributed by atoms with Crippen LogP contribution in [0.25, 0.3) is 0 Å². The Morgan fingerprint density at radius 2 is 2.25 bits per heavy atom. The number of hydrogen-bond donors (Lipinski definition) is 2. The Bertz CT molecular complexity index is 356. The van der Waals surface area contributed by atoms with Crippen molar-refractivity contribution in [3.05, 3.63) is 17.5 Å². The van der Waals surface area contributed by atoms with E-state index in [1.54, 1.807) is 6.20 Å². The number of carbonyl (C=O) groups excluding carboxylic acids is 1. The first-order chi connectivity index (χ1) is 7.58. The normalized spacial score (nSPS) is 10.2. The molecule has 2 N–H and O–H groups in total. The molecule has 0 fully saturated rings. The molecular weight excluding hydrogens is 228 g/mol. The lowest BCUT2D eigenvalue weighted by Gasteiger charge is -2.08. The monoisotopic (exact) mass is 242 g/mol. The van der Waals surface area contributed by atoms with Crippen LogP contribution in [0.4, 0.5) is 5.82 Å². The third-order valence-corrected chi connectivity index (χ3v) is 1.90. The second-order valence-electron chi connectivity index (χ2n) is 3.63. The van der Waals surface area contributed by atoms with Crippen molar-refractivity contribution in [2.75, 3.05) is 11.9 Å². The molecule has 6 heteroatoms. The molecule has 0 aliphatic heterocycles. The van der Waals surface area contributed by atoms with Gasteiger partial charge < -0.3 is 10.6 Å². The smallest absolute Gasteiger partial charge is 0.221 e. The number of amides is 1. The highest BCUT2D eigenvalue weighted by molar-refractivity contribution is 6.29. The van der Waals surface area contributed by atoms with Crippen LogP contribution in [0.3, 0.4) is 0 Å². The molecule has 0 saturated heterocycles. The van der Waals surface area contributed by atoms with Crippen LogP contribution in [0.5, 0.6) is 0 Å². The molecule has 1 amide bonds. The van der Waals surface area contributed by atoms with E-state index in [9.17, 15) is 4.79 Å². The third-order valence-electron chi connectivity index (χ3n) is 1.71. The van der Waals surface area contributed by atoms with Crippen molar-refractivity contribution in [2.45, 2.75) is 26.3 Å². The molecule has 0 saturated carbocycles. The van der Waals surface area contributed by atoms with Gasteiger partial charge in [-0.1, -0.05) is 11.6 Å². The molecule has 0 spiro atoms. The van der Waals surface area contributed by atoms with Gasteiger partial charge in [-0.15, -0.1) is 0 Å². The number of aromatic nitrogens is 2. The van der Waals surface area contributed by atoms with Crippen LogP contribution in [-0.4, -0.2) is 28.5 Å². The zero-order valence-electron chi connectivity index (χ0n) is 9.33. The maximum absolute atomic E-state index is 11.3. The van der Waals surface area contributed by atoms with Crippen LogP contribution in [0.15, 0.2) is 12.4 Å². The number of rotatable bonds is 5. The Balaban J connectivity index is 2.28. The van der Waals surface area contributed by atoms with Crippen molar-refractivity contribution in [3.63, 3.8) is 0 Å². The summed E-state index contributed by atoms with van der Waals surface area (Å²) in [5, 5.41) is 6.10. The Kier molecular flexibility index (Phi) is 4.98. The topological polar surface area (TPSA) is 66.9 Å². The number of hydrogen-bond acceptors (Lipinski definition) is 4. The van der Waals surface area contributed by atoms with E-state index in [0.717, 1.165) is 0 Å². The maximum atomic E-state index is 11.3. The summed E-state index contributed by atoms with van der Waals surface area (Å²) in [5.74, 6) is 0.585. The van der Waals surface area contributed by atoms with E-state index in [1.807, 2.05) is 13.8 Å². The number of nitrogens with one attached hydrogen (secondary N) is 2. The molecule has 1 heterocycles. The average Bonchev–Trinajstić information content (AvgIpc) is 2.16. The minimum Gasteiger partial charge on any atom is -0.368 e. The minimum absolute atomic E-state index is 0.0116. The second-order valence-corrected chi connectivity index (χ2v) is 4.01. The number of halogens is 1. The first kappa shape index (κ1) is 12.7. The summed E-state index contributed by atoms with van der Waals surface area (Å²) < 4.78 is 0. The quantitative estimate of drug-likeness (QED) is 0.820. The van der Waals surface area contributed by atoms with E-state index in [2.05, 4.69) is 20.6 Å². The van der Waals surface area contributed by atoms with Crippen LogP contribution in [0.1, 0.15) is 20.3 Å². The first-order valence-corrected chi connectivity index (χ1v) is 5.46. The molecule has 0 radical (unpaired) electrons. The number of nitrogens with zero attached hydrogens (tertiary/aromatic N) is 2.